The zero-order valence-electron chi connectivity index (χ0n) is 12.2. The van der Waals surface area contributed by atoms with E-state index in [9.17, 15) is 4.79 Å². The van der Waals surface area contributed by atoms with Crippen LogP contribution in [-0.4, -0.2) is 38.1 Å². The zero-order valence-corrected chi connectivity index (χ0v) is 12.2. The van der Waals surface area contributed by atoms with Crippen LogP contribution in [0.25, 0.3) is 11.4 Å². The summed E-state index contributed by atoms with van der Waals surface area (Å²) in [4.78, 5) is 16.3. The van der Waals surface area contributed by atoms with Gasteiger partial charge in [0.25, 0.3) is 5.91 Å². The number of hydrogen-bond acceptors (Lipinski definition) is 5. The van der Waals surface area contributed by atoms with Gasteiger partial charge in [0, 0.05) is 18.3 Å². The molecule has 2 saturated carbocycles. The van der Waals surface area contributed by atoms with Gasteiger partial charge in [-0.15, -0.1) is 10.2 Å². The van der Waals surface area contributed by atoms with Gasteiger partial charge in [-0.2, -0.15) is 5.21 Å². The van der Waals surface area contributed by atoms with Crippen molar-refractivity contribution in [2.45, 2.75) is 25.7 Å². The second kappa shape index (κ2) is 5.47. The zero-order chi connectivity index (χ0) is 14.9. The summed E-state index contributed by atoms with van der Waals surface area (Å²) in [6, 6.07) is 3.47. The smallest absolute Gasteiger partial charge is 0.269 e. The fourth-order valence-corrected chi connectivity index (χ4v) is 3.21. The van der Waals surface area contributed by atoms with Gasteiger partial charge in [-0.1, -0.05) is 19.3 Å². The molecule has 0 radical (unpaired) electrons. The monoisotopic (exact) mass is 298 g/mol. The lowest BCUT2D eigenvalue weighted by molar-refractivity contribution is 0.0945. The first-order valence-corrected chi connectivity index (χ1v) is 7.79. The highest BCUT2D eigenvalue weighted by molar-refractivity contribution is 5.92. The van der Waals surface area contributed by atoms with E-state index < -0.39 is 0 Å². The van der Waals surface area contributed by atoms with E-state index in [4.69, 9.17) is 0 Å². The number of aromatic nitrogens is 5. The molecule has 0 spiro atoms. The number of tetrazole rings is 1. The molecule has 2 heterocycles. The first kappa shape index (κ1) is 13.4. The van der Waals surface area contributed by atoms with Crippen LogP contribution in [0.5, 0.6) is 0 Å². The number of nitrogens with zero attached hydrogens (tertiary/aromatic N) is 4. The Morgan fingerprint density at radius 2 is 2.27 bits per heavy atom. The van der Waals surface area contributed by atoms with Crippen molar-refractivity contribution in [3.8, 4) is 11.4 Å². The van der Waals surface area contributed by atoms with Crippen molar-refractivity contribution < 1.29 is 4.79 Å². The fraction of sp³-hybridized carbons (Fsp3) is 0.533. The number of carbonyl (C=O) groups excluding carboxylic acids is 1. The first-order chi connectivity index (χ1) is 10.8. The average Bonchev–Trinajstić information content (AvgIpc) is 3.02. The van der Waals surface area contributed by atoms with Crippen LogP contribution < -0.4 is 5.32 Å². The second-order valence-electron chi connectivity index (χ2n) is 6.23. The molecule has 22 heavy (non-hydrogen) atoms. The minimum Gasteiger partial charge on any atom is -0.350 e. The number of rotatable bonds is 5. The van der Waals surface area contributed by atoms with Crippen LogP contribution in [0.2, 0.25) is 0 Å². The molecule has 0 aliphatic heterocycles. The summed E-state index contributed by atoms with van der Waals surface area (Å²) in [5.41, 5.74) is 1.16. The maximum atomic E-state index is 12.1. The fourth-order valence-electron chi connectivity index (χ4n) is 3.21. The van der Waals surface area contributed by atoms with Gasteiger partial charge in [-0.25, -0.2) is 0 Å². The molecule has 0 aromatic carbocycles. The summed E-state index contributed by atoms with van der Waals surface area (Å²) in [6.07, 6.45) is 7.02. The molecule has 4 rings (SSSR count). The summed E-state index contributed by atoms with van der Waals surface area (Å²) < 4.78 is 0. The minimum absolute atomic E-state index is 0.112. The number of carbonyl (C=O) groups is 1. The van der Waals surface area contributed by atoms with Gasteiger partial charge in [-0.05, 0) is 41.5 Å². The van der Waals surface area contributed by atoms with Gasteiger partial charge in [0.1, 0.15) is 5.69 Å². The van der Waals surface area contributed by atoms with Crippen LogP contribution in [0, 0.1) is 17.8 Å². The van der Waals surface area contributed by atoms with Crippen molar-refractivity contribution >= 4 is 5.91 Å². The highest BCUT2D eigenvalue weighted by atomic mass is 16.1. The van der Waals surface area contributed by atoms with E-state index >= 15 is 0 Å². The van der Waals surface area contributed by atoms with E-state index in [-0.39, 0.29) is 5.91 Å². The molecular formula is C15H18N6O. The summed E-state index contributed by atoms with van der Waals surface area (Å²) in [6.45, 7) is 0.772. The van der Waals surface area contributed by atoms with E-state index in [0.29, 0.717) is 17.4 Å². The molecular weight excluding hydrogens is 280 g/mol. The van der Waals surface area contributed by atoms with Crippen molar-refractivity contribution in [2.75, 3.05) is 6.54 Å². The second-order valence-corrected chi connectivity index (χ2v) is 6.23. The van der Waals surface area contributed by atoms with E-state index in [1.165, 1.54) is 25.7 Å². The maximum Gasteiger partial charge on any atom is 0.269 e. The van der Waals surface area contributed by atoms with E-state index in [1.54, 1.807) is 18.3 Å². The van der Waals surface area contributed by atoms with Crippen LogP contribution in [0.3, 0.4) is 0 Å². The van der Waals surface area contributed by atoms with Gasteiger partial charge < -0.3 is 5.32 Å². The van der Waals surface area contributed by atoms with Crippen molar-refractivity contribution in [1.29, 1.82) is 0 Å². The molecule has 0 saturated heterocycles. The molecule has 2 aliphatic rings. The number of aromatic amines is 1. The molecule has 7 heteroatoms. The number of pyridine rings is 1. The predicted octanol–water partition coefficient (Wildman–Crippen LogP) is 1.43. The first-order valence-electron chi connectivity index (χ1n) is 7.79. The Morgan fingerprint density at radius 1 is 1.36 bits per heavy atom. The summed E-state index contributed by atoms with van der Waals surface area (Å²) in [5.74, 6) is 2.81. The third-order valence-corrected chi connectivity index (χ3v) is 4.86. The molecule has 114 valence electrons. The molecule has 0 bridgehead atoms. The van der Waals surface area contributed by atoms with Crippen molar-refractivity contribution in [3.63, 3.8) is 0 Å². The summed E-state index contributed by atoms with van der Waals surface area (Å²) in [7, 11) is 0. The SMILES string of the molecule is O=C(NC[C@@H]1C[C@H]1C1CCC1)c1ccc(-c2nn[nH]n2)cn1. The quantitative estimate of drug-likeness (QED) is 0.870. The van der Waals surface area contributed by atoms with Gasteiger partial charge in [-0.3, -0.25) is 9.78 Å². The van der Waals surface area contributed by atoms with Crippen molar-refractivity contribution in [2.24, 2.45) is 17.8 Å². The van der Waals surface area contributed by atoms with Crippen LogP contribution in [0.4, 0.5) is 0 Å². The van der Waals surface area contributed by atoms with E-state index in [2.05, 4.69) is 30.9 Å². The normalized spacial score (nSPS) is 23.8. The number of hydrogen-bond donors (Lipinski definition) is 2. The minimum atomic E-state index is -0.112. The molecule has 2 aromatic heterocycles. The topological polar surface area (TPSA) is 96.5 Å². The third-order valence-electron chi connectivity index (χ3n) is 4.86. The van der Waals surface area contributed by atoms with Gasteiger partial charge in [0.05, 0.1) is 0 Å². The molecule has 7 nitrogen and oxygen atoms in total. The Labute approximate surface area is 127 Å². The highest BCUT2D eigenvalue weighted by Gasteiger charge is 2.44. The molecule has 2 aromatic rings. The third kappa shape index (κ3) is 2.58. The van der Waals surface area contributed by atoms with Gasteiger partial charge in [0.2, 0.25) is 5.82 Å². The van der Waals surface area contributed by atoms with Crippen LogP contribution in [0.15, 0.2) is 18.3 Å². The Bertz CT molecular complexity index is 649. The van der Waals surface area contributed by atoms with Crippen molar-refractivity contribution in [1.82, 2.24) is 30.9 Å². The van der Waals surface area contributed by atoms with E-state index in [0.717, 1.165) is 23.9 Å². The highest BCUT2D eigenvalue weighted by Crippen LogP contribution is 2.51. The largest absolute Gasteiger partial charge is 0.350 e. The van der Waals surface area contributed by atoms with Crippen LogP contribution in [0.1, 0.15) is 36.2 Å². The Morgan fingerprint density at radius 3 is 2.91 bits per heavy atom. The summed E-state index contributed by atoms with van der Waals surface area (Å²) in [5, 5.41) is 16.6. The molecule has 0 unspecified atom stereocenters. The average molecular weight is 298 g/mol. The molecule has 2 N–H and O–H groups in total. The molecule has 1 amide bonds. The lowest BCUT2D eigenvalue weighted by atomic mass is 9.81. The Balaban J connectivity index is 1.31. The molecule has 2 aliphatic carbocycles. The Hall–Kier alpha value is -2.31. The molecule has 2 atom stereocenters. The van der Waals surface area contributed by atoms with Gasteiger partial charge >= 0.3 is 0 Å². The predicted molar refractivity (Wildman–Crippen MR) is 78.7 cm³/mol. The number of H-pyrrole nitrogens is 1. The number of amides is 1. The summed E-state index contributed by atoms with van der Waals surface area (Å²) >= 11 is 0. The number of nitrogens with one attached hydrogen (secondary N) is 2. The van der Waals surface area contributed by atoms with E-state index in [1.807, 2.05) is 0 Å². The van der Waals surface area contributed by atoms with Gasteiger partial charge in [0.15, 0.2) is 0 Å². The molecule has 2 fully saturated rings. The maximum absolute atomic E-state index is 12.1. The standard InChI is InChI=1S/C15H18N6O/c22-15(17-8-11-6-12(11)9-2-1-3-9)13-5-4-10(7-16-13)14-18-20-21-19-14/h4-5,7,9,11-12H,1-3,6,8H2,(H,17,22)(H,18,19,20,21)/t11-,12-/m0/s1. The van der Waals surface area contributed by atoms with Crippen LogP contribution in [-0.2, 0) is 0 Å². The van der Waals surface area contributed by atoms with Crippen LogP contribution >= 0.6 is 0 Å². The Kier molecular flexibility index (Phi) is 3.32. The lowest BCUT2D eigenvalue weighted by Gasteiger charge is -2.25. The van der Waals surface area contributed by atoms with Crippen molar-refractivity contribution in [3.05, 3.63) is 24.0 Å². The lowest BCUT2D eigenvalue weighted by Crippen LogP contribution is -2.27.